The summed E-state index contributed by atoms with van der Waals surface area (Å²) in [5.74, 6) is -0.200. The summed E-state index contributed by atoms with van der Waals surface area (Å²) >= 11 is 0. The molecule has 2 rings (SSSR count). The van der Waals surface area contributed by atoms with Crippen LogP contribution in [0.15, 0.2) is 36.7 Å². The van der Waals surface area contributed by atoms with Crippen molar-refractivity contribution in [2.24, 2.45) is 0 Å². The number of hydrogen-bond acceptors (Lipinski definition) is 4. The zero-order chi connectivity index (χ0) is 11.5. The molecule has 0 radical (unpaired) electrons. The van der Waals surface area contributed by atoms with Gasteiger partial charge in [0.25, 0.3) is 5.69 Å². The zero-order valence-electron chi connectivity index (χ0n) is 8.08. The second kappa shape index (κ2) is 3.93. The molecule has 0 atom stereocenters. The van der Waals surface area contributed by atoms with Gasteiger partial charge in [0.2, 0.25) is 5.78 Å². The Morgan fingerprint density at radius 3 is 2.88 bits per heavy atom. The van der Waals surface area contributed by atoms with Crippen LogP contribution in [0.2, 0.25) is 0 Å². The Kier molecular flexibility index (Phi) is 2.47. The lowest BCUT2D eigenvalue weighted by molar-refractivity contribution is -0.384. The highest BCUT2D eigenvalue weighted by molar-refractivity contribution is 6.06. The molecule has 1 aromatic carbocycles. The molecule has 0 aliphatic carbocycles. The number of rotatable bonds is 3. The van der Waals surface area contributed by atoms with E-state index in [2.05, 4.69) is 9.97 Å². The van der Waals surface area contributed by atoms with Crippen molar-refractivity contribution in [3.8, 4) is 0 Å². The quantitative estimate of drug-likeness (QED) is 0.479. The minimum atomic E-state index is -0.543. The summed E-state index contributed by atoms with van der Waals surface area (Å²) < 4.78 is 0. The molecule has 0 bridgehead atoms. The van der Waals surface area contributed by atoms with Gasteiger partial charge in [0.05, 0.1) is 4.92 Å². The molecule has 16 heavy (non-hydrogen) atoms. The summed E-state index contributed by atoms with van der Waals surface area (Å²) in [6.45, 7) is 0. The van der Waals surface area contributed by atoms with E-state index in [1.807, 2.05) is 0 Å². The van der Waals surface area contributed by atoms with Crippen molar-refractivity contribution in [2.45, 2.75) is 0 Å². The Morgan fingerprint density at radius 2 is 2.25 bits per heavy atom. The predicted octanol–water partition coefficient (Wildman–Crippen LogP) is 1.55. The number of H-pyrrole nitrogens is 1. The van der Waals surface area contributed by atoms with Crippen molar-refractivity contribution in [3.63, 3.8) is 0 Å². The van der Waals surface area contributed by atoms with Gasteiger partial charge in [0.1, 0.15) is 0 Å². The molecular weight excluding hydrogens is 210 g/mol. The van der Waals surface area contributed by atoms with Gasteiger partial charge < -0.3 is 4.98 Å². The highest BCUT2D eigenvalue weighted by Crippen LogP contribution is 2.14. The maximum atomic E-state index is 11.8. The fourth-order valence-electron chi connectivity index (χ4n) is 1.29. The Morgan fingerprint density at radius 1 is 1.44 bits per heavy atom. The first-order valence-electron chi connectivity index (χ1n) is 4.47. The second-order valence-corrected chi connectivity index (χ2v) is 3.07. The summed E-state index contributed by atoms with van der Waals surface area (Å²) in [6.07, 6.45) is 2.97. The Labute approximate surface area is 90.1 Å². The van der Waals surface area contributed by atoms with E-state index in [1.54, 1.807) is 0 Å². The third-order valence-electron chi connectivity index (χ3n) is 2.03. The molecule has 0 saturated carbocycles. The molecule has 0 aliphatic heterocycles. The molecule has 1 aromatic heterocycles. The number of benzene rings is 1. The minimum absolute atomic E-state index is 0.114. The maximum Gasteiger partial charge on any atom is 0.270 e. The van der Waals surface area contributed by atoms with Crippen molar-refractivity contribution in [3.05, 3.63) is 58.2 Å². The third-order valence-corrected chi connectivity index (χ3v) is 2.03. The highest BCUT2D eigenvalue weighted by atomic mass is 16.6. The second-order valence-electron chi connectivity index (χ2n) is 3.07. The number of nitro groups is 1. The topological polar surface area (TPSA) is 88.9 Å². The van der Waals surface area contributed by atoms with Crippen LogP contribution in [0.5, 0.6) is 0 Å². The number of nitro benzene ring substituents is 1. The molecule has 0 saturated heterocycles. The van der Waals surface area contributed by atoms with Gasteiger partial charge in [-0.2, -0.15) is 0 Å². The summed E-state index contributed by atoms with van der Waals surface area (Å²) in [5, 5.41) is 10.5. The first-order chi connectivity index (χ1) is 7.68. The number of nitrogens with zero attached hydrogens (tertiary/aromatic N) is 2. The van der Waals surface area contributed by atoms with Gasteiger partial charge in [-0.1, -0.05) is 12.1 Å². The molecule has 6 heteroatoms. The molecule has 1 N–H and O–H groups in total. The Bertz CT molecular complexity index is 534. The summed E-state index contributed by atoms with van der Waals surface area (Å²) in [6, 6.07) is 5.54. The highest BCUT2D eigenvalue weighted by Gasteiger charge is 2.14. The van der Waals surface area contributed by atoms with E-state index in [4.69, 9.17) is 0 Å². The van der Waals surface area contributed by atoms with Crippen LogP contribution in [-0.4, -0.2) is 20.7 Å². The average Bonchev–Trinajstić information content (AvgIpc) is 2.81. The van der Waals surface area contributed by atoms with Gasteiger partial charge in [0.15, 0.2) is 5.82 Å². The number of nitrogens with one attached hydrogen (secondary N) is 1. The molecule has 0 spiro atoms. The number of carbonyl (C=O) groups excluding carboxylic acids is 1. The minimum Gasteiger partial charge on any atom is -0.342 e. The fourth-order valence-corrected chi connectivity index (χ4v) is 1.29. The van der Waals surface area contributed by atoms with Crippen molar-refractivity contribution < 1.29 is 9.72 Å². The Hall–Kier alpha value is -2.50. The van der Waals surface area contributed by atoms with Crippen LogP contribution >= 0.6 is 0 Å². The SMILES string of the molecule is O=C(c1cccc([N+](=O)[O-])c1)c1ncc[nH]1. The number of hydrogen-bond donors (Lipinski definition) is 1. The number of imidazole rings is 1. The summed E-state index contributed by atoms with van der Waals surface area (Å²) in [5.41, 5.74) is 0.126. The number of carbonyl (C=O) groups is 1. The van der Waals surface area contributed by atoms with Crippen LogP contribution < -0.4 is 0 Å². The first-order valence-corrected chi connectivity index (χ1v) is 4.47. The standard InChI is InChI=1S/C10H7N3O3/c14-9(10-11-4-5-12-10)7-2-1-3-8(6-7)13(15)16/h1-6H,(H,11,12). The van der Waals surface area contributed by atoms with E-state index in [-0.39, 0.29) is 22.9 Å². The molecule has 0 aliphatic rings. The van der Waals surface area contributed by atoms with E-state index in [0.717, 1.165) is 0 Å². The van der Waals surface area contributed by atoms with Gasteiger partial charge in [-0.25, -0.2) is 4.98 Å². The molecule has 0 unspecified atom stereocenters. The van der Waals surface area contributed by atoms with E-state index in [1.165, 1.54) is 36.7 Å². The molecule has 2 aromatic rings. The van der Waals surface area contributed by atoms with Gasteiger partial charge >= 0.3 is 0 Å². The monoisotopic (exact) mass is 217 g/mol. The van der Waals surface area contributed by atoms with Crippen molar-refractivity contribution in [1.29, 1.82) is 0 Å². The van der Waals surface area contributed by atoms with Crippen molar-refractivity contribution in [1.82, 2.24) is 9.97 Å². The van der Waals surface area contributed by atoms with E-state index in [9.17, 15) is 14.9 Å². The van der Waals surface area contributed by atoms with Gasteiger partial charge in [-0.15, -0.1) is 0 Å². The first kappa shape index (κ1) is 10.0. The number of non-ortho nitro benzene ring substituents is 1. The van der Waals surface area contributed by atoms with Crippen LogP contribution in [0.3, 0.4) is 0 Å². The number of aromatic nitrogens is 2. The Balaban J connectivity index is 2.38. The lowest BCUT2D eigenvalue weighted by Gasteiger charge is -1.97. The normalized spacial score (nSPS) is 10.0. The predicted molar refractivity (Wildman–Crippen MR) is 55.1 cm³/mol. The van der Waals surface area contributed by atoms with E-state index in [0.29, 0.717) is 0 Å². The lowest BCUT2D eigenvalue weighted by Crippen LogP contribution is -2.04. The van der Waals surface area contributed by atoms with Crippen LogP contribution in [-0.2, 0) is 0 Å². The largest absolute Gasteiger partial charge is 0.342 e. The smallest absolute Gasteiger partial charge is 0.270 e. The molecule has 1 heterocycles. The summed E-state index contributed by atoms with van der Waals surface area (Å²) in [7, 11) is 0. The fraction of sp³-hybridized carbons (Fsp3) is 0. The summed E-state index contributed by atoms with van der Waals surface area (Å²) in [4.78, 5) is 28.2. The molecule has 6 nitrogen and oxygen atoms in total. The lowest BCUT2D eigenvalue weighted by atomic mass is 10.1. The van der Waals surface area contributed by atoms with E-state index < -0.39 is 4.92 Å². The van der Waals surface area contributed by atoms with Gasteiger partial charge in [-0.3, -0.25) is 14.9 Å². The molecule has 0 amide bonds. The van der Waals surface area contributed by atoms with E-state index >= 15 is 0 Å². The van der Waals surface area contributed by atoms with Crippen molar-refractivity contribution >= 4 is 11.5 Å². The number of aromatic amines is 1. The zero-order valence-corrected chi connectivity index (χ0v) is 8.08. The van der Waals surface area contributed by atoms with Crippen LogP contribution in [0.4, 0.5) is 5.69 Å². The van der Waals surface area contributed by atoms with Gasteiger partial charge in [-0.05, 0) is 0 Å². The van der Waals surface area contributed by atoms with Crippen molar-refractivity contribution in [2.75, 3.05) is 0 Å². The maximum absolute atomic E-state index is 11.8. The molecule has 80 valence electrons. The molecule has 0 fully saturated rings. The third kappa shape index (κ3) is 1.81. The molecular formula is C10H7N3O3. The van der Waals surface area contributed by atoms with Crippen LogP contribution in [0, 0.1) is 10.1 Å². The van der Waals surface area contributed by atoms with Crippen LogP contribution in [0.1, 0.15) is 16.2 Å². The van der Waals surface area contributed by atoms with Crippen LogP contribution in [0.25, 0.3) is 0 Å². The number of ketones is 1. The average molecular weight is 217 g/mol. The van der Waals surface area contributed by atoms with Gasteiger partial charge in [0, 0.05) is 30.1 Å².